The molecule has 5 fully saturated rings. The minimum atomic E-state index is -3.38. The molecule has 6 rings (SSSR count). The average Bonchev–Trinajstić information content (AvgIpc) is 3.31. The summed E-state index contributed by atoms with van der Waals surface area (Å²) in [5, 5.41) is 10.1. The van der Waals surface area contributed by atoms with Crippen LogP contribution in [-0.4, -0.2) is 24.9 Å². The van der Waals surface area contributed by atoms with Crippen LogP contribution in [0, 0.1) is 52.3 Å². The molecule has 0 saturated heterocycles. The van der Waals surface area contributed by atoms with Crippen molar-refractivity contribution in [2.75, 3.05) is 0 Å². The van der Waals surface area contributed by atoms with Crippen molar-refractivity contribution in [3.63, 3.8) is 0 Å². The lowest BCUT2D eigenvalue weighted by molar-refractivity contribution is -0.129. The molecule has 1 aromatic carbocycles. The first-order valence-electron chi connectivity index (χ1n) is 17.1. The largest absolute Gasteiger partial charge is 0.393 e. The smallest absolute Gasteiger partial charge is 0.181 e. The van der Waals surface area contributed by atoms with Gasteiger partial charge in [0.2, 0.25) is 0 Å². The molecular formula is C36H56O3S. The Balaban J connectivity index is 1.24. The standard InChI is InChI=1S/C36H56O3S/c1-25(34(19-14-26-10-6-4-7-11-26)40(38,39)29-12-8-5-9-13-29)31-17-18-32-30-16-15-27-24-28(37)20-22-35(27,2)33(30)21-23-36(31,32)3/h5,8-9,12-13,25-28,30-34,37H,4,6-7,10-11,14-24H2,1-3H3/t25-,27?,28-,30-,31+,32?,33-,34?,35-,36+/m0/s1. The van der Waals surface area contributed by atoms with Gasteiger partial charge in [0.25, 0.3) is 0 Å². The summed E-state index contributed by atoms with van der Waals surface area (Å²) in [7, 11) is -3.38. The maximum atomic E-state index is 14.3. The van der Waals surface area contributed by atoms with Crippen molar-refractivity contribution in [2.45, 2.75) is 140 Å². The molecule has 0 bridgehead atoms. The Hall–Kier alpha value is -0.870. The number of fused-ring (bicyclic) bond motifs is 5. The van der Waals surface area contributed by atoms with E-state index in [0.29, 0.717) is 28.1 Å². The van der Waals surface area contributed by atoms with Gasteiger partial charge in [-0.25, -0.2) is 8.42 Å². The highest BCUT2D eigenvalue weighted by Gasteiger charge is 2.61. The first-order chi connectivity index (χ1) is 19.1. The van der Waals surface area contributed by atoms with Crippen molar-refractivity contribution in [2.24, 2.45) is 52.3 Å². The lowest BCUT2D eigenvalue weighted by Crippen LogP contribution is -2.54. The molecule has 0 aliphatic heterocycles. The summed E-state index contributed by atoms with van der Waals surface area (Å²) < 4.78 is 28.6. The predicted molar refractivity (Wildman–Crippen MR) is 164 cm³/mol. The number of benzene rings is 1. The molecule has 0 amide bonds. The Morgan fingerprint density at radius 1 is 0.850 bits per heavy atom. The molecule has 1 aromatic rings. The zero-order chi connectivity index (χ0) is 28.1. The SMILES string of the molecule is C[C@H](C(CCC1CCCCC1)S(=O)(=O)c1ccccc1)[C@H]1CCC2[C@@H]3CCC4C[C@@H](O)CC[C@]4(C)[C@H]3CC[C@@]21C. The number of rotatable bonds is 7. The molecule has 5 aliphatic rings. The van der Waals surface area contributed by atoms with Crippen LogP contribution in [0.4, 0.5) is 0 Å². The molecule has 0 aromatic heterocycles. The van der Waals surface area contributed by atoms with E-state index in [1.54, 1.807) is 0 Å². The zero-order valence-electron chi connectivity index (χ0n) is 25.6. The third kappa shape index (κ3) is 5.03. The summed E-state index contributed by atoms with van der Waals surface area (Å²) >= 11 is 0. The number of hydrogen-bond donors (Lipinski definition) is 1. The van der Waals surface area contributed by atoms with Crippen LogP contribution in [0.5, 0.6) is 0 Å². The average molecular weight is 569 g/mol. The van der Waals surface area contributed by atoms with Gasteiger partial charge in [0.1, 0.15) is 0 Å². The minimum absolute atomic E-state index is 0.0858. The van der Waals surface area contributed by atoms with Gasteiger partial charge in [-0.15, -0.1) is 0 Å². The van der Waals surface area contributed by atoms with Gasteiger partial charge < -0.3 is 5.11 Å². The van der Waals surface area contributed by atoms with Crippen LogP contribution in [-0.2, 0) is 9.84 Å². The highest BCUT2D eigenvalue weighted by Crippen LogP contribution is 2.68. The molecule has 5 aliphatic carbocycles. The molecule has 5 saturated carbocycles. The van der Waals surface area contributed by atoms with Gasteiger partial charge in [0, 0.05) is 0 Å². The molecule has 0 radical (unpaired) electrons. The second-order valence-corrected chi connectivity index (χ2v) is 17.8. The Morgan fingerprint density at radius 2 is 1.55 bits per heavy atom. The van der Waals surface area contributed by atoms with Gasteiger partial charge in [-0.1, -0.05) is 71.1 Å². The first-order valence-corrected chi connectivity index (χ1v) is 18.7. The fourth-order valence-electron chi connectivity index (χ4n) is 11.8. The topological polar surface area (TPSA) is 54.4 Å². The van der Waals surface area contributed by atoms with Crippen molar-refractivity contribution in [3.8, 4) is 0 Å². The van der Waals surface area contributed by atoms with Crippen LogP contribution >= 0.6 is 0 Å². The van der Waals surface area contributed by atoms with Crippen molar-refractivity contribution in [1.82, 2.24) is 0 Å². The number of hydrogen-bond acceptors (Lipinski definition) is 3. The predicted octanol–water partition coefficient (Wildman–Crippen LogP) is 8.85. The molecule has 3 unspecified atom stereocenters. The van der Waals surface area contributed by atoms with E-state index in [1.807, 2.05) is 30.3 Å². The molecule has 0 spiro atoms. The van der Waals surface area contributed by atoms with Crippen LogP contribution in [0.2, 0.25) is 0 Å². The molecule has 40 heavy (non-hydrogen) atoms. The third-order valence-corrected chi connectivity index (χ3v) is 16.4. The van der Waals surface area contributed by atoms with E-state index in [-0.39, 0.29) is 22.7 Å². The Kier molecular flexibility index (Phi) is 8.27. The molecule has 224 valence electrons. The monoisotopic (exact) mass is 568 g/mol. The van der Waals surface area contributed by atoms with Gasteiger partial charge in [-0.05, 0) is 135 Å². The maximum Gasteiger partial charge on any atom is 0.181 e. The first kappa shape index (κ1) is 29.2. The normalized spacial score (nSPS) is 41.9. The Bertz CT molecular complexity index is 1110. The number of sulfone groups is 1. The van der Waals surface area contributed by atoms with Crippen LogP contribution in [0.1, 0.15) is 124 Å². The van der Waals surface area contributed by atoms with Gasteiger partial charge in [0.05, 0.1) is 16.2 Å². The molecule has 4 heteroatoms. The highest BCUT2D eigenvalue weighted by atomic mass is 32.2. The summed E-state index contributed by atoms with van der Waals surface area (Å²) in [6, 6.07) is 9.39. The Morgan fingerprint density at radius 3 is 2.30 bits per heavy atom. The molecule has 10 atom stereocenters. The zero-order valence-corrected chi connectivity index (χ0v) is 26.4. The van der Waals surface area contributed by atoms with E-state index >= 15 is 0 Å². The van der Waals surface area contributed by atoms with Crippen LogP contribution in [0.3, 0.4) is 0 Å². The number of aliphatic hydroxyl groups excluding tert-OH is 1. The summed E-state index contributed by atoms with van der Waals surface area (Å²) in [4.78, 5) is 0.532. The van der Waals surface area contributed by atoms with Crippen LogP contribution in [0.15, 0.2) is 35.2 Å². The second kappa shape index (κ2) is 11.3. The van der Waals surface area contributed by atoms with E-state index in [1.165, 1.54) is 77.0 Å². The molecule has 1 N–H and O–H groups in total. The van der Waals surface area contributed by atoms with E-state index in [0.717, 1.165) is 43.4 Å². The lowest BCUT2D eigenvalue weighted by Gasteiger charge is -2.61. The summed E-state index contributed by atoms with van der Waals surface area (Å²) in [6.07, 6.45) is 19.2. The maximum absolute atomic E-state index is 14.3. The quantitative estimate of drug-likeness (QED) is 0.357. The van der Waals surface area contributed by atoms with E-state index in [2.05, 4.69) is 20.8 Å². The lowest BCUT2D eigenvalue weighted by atomic mass is 9.44. The van der Waals surface area contributed by atoms with Gasteiger partial charge >= 0.3 is 0 Å². The molecule has 3 nitrogen and oxygen atoms in total. The van der Waals surface area contributed by atoms with Crippen LogP contribution < -0.4 is 0 Å². The summed E-state index contributed by atoms with van der Waals surface area (Å²) in [6.45, 7) is 7.48. The van der Waals surface area contributed by atoms with Crippen molar-refractivity contribution in [3.05, 3.63) is 30.3 Å². The summed E-state index contributed by atoms with van der Waals surface area (Å²) in [5.74, 6) is 4.41. The van der Waals surface area contributed by atoms with E-state index < -0.39 is 9.84 Å². The van der Waals surface area contributed by atoms with Gasteiger partial charge in [-0.3, -0.25) is 0 Å². The van der Waals surface area contributed by atoms with Gasteiger partial charge in [0.15, 0.2) is 9.84 Å². The summed E-state index contributed by atoms with van der Waals surface area (Å²) in [5.41, 5.74) is 0.652. The van der Waals surface area contributed by atoms with Crippen molar-refractivity contribution >= 4 is 9.84 Å². The van der Waals surface area contributed by atoms with Crippen molar-refractivity contribution in [1.29, 1.82) is 0 Å². The molecular weight excluding hydrogens is 512 g/mol. The Labute approximate surface area is 245 Å². The fourth-order valence-corrected chi connectivity index (χ4v) is 13.8. The van der Waals surface area contributed by atoms with E-state index in [4.69, 9.17) is 0 Å². The minimum Gasteiger partial charge on any atom is -0.393 e. The highest BCUT2D eigenvalue weighted by molar-refractivity contribution is 7.92. The second-order valence-electron chi connectivity index (χ2n) is 15.7. The van der Waals surface area contributed by atoms with Crippen LogP contribution in [0.25, 0.3) is 0 Å². The third-order valence-electron chi connectivity index (χ3n) is 14.0. The van der Waals surface area contributed by atoms with Gasteiger partial charge in [-0.2, -0.15) is 0 Å². The van der Waals surface area contributed by atoms with Crippen molar-refractivity contribution < 1.29 is 13.5 Å². The molecule has 0 heterocycles. The fraction of sp³-hybridized carbons (Fsp3) is 0.833. The number of aliphatic hydroxyl groups is 1. The van der Waals surface area contributed by atoms with E-state index in [9.17, 15) is 13.5 Å².